The Morgan fingerprint density at radius 1 is 1.20 bits per heavy atom. The number of benzene rings is 1. The van der Waals surface area contributed by atoms with Crippen molar-refractivity contribution in [1.82, 2.24) is 0 Å². The van der Waals surface area contributed by atoms with Gasteiger partial charge in [-0.25, -0.2) is 4.79 Å². The molecule has 0 heterocycles. The summed E-state index contributed by atoms with van der Waals surface area (Å²) in [5, 5.41) is 10.8. The van der Waals surface area contributed by atoms with Crippen LogP contribution < -0.4 is 5.32 Å². The third-order valence-electron chi connectivity index (χ3n) is 1.70. The van der Waals surface area contributed by atoms with Crippen molar-refractivity contribution in [1.29, 1.82) is 0 Å². The first kappa shape index (κ1) is 11.0. The van der Waals surface area contributed by atoms with E-state index < -0.39 is 11.9 Å². The first-order valence-electron chi connectivity index (χ1n) is 4.36. The van der Waals surface area contributed by atoms with Crippen molar-refractivity contribution in [2.45, 2.75) is 6.92 Å². The van der Waals surface area contributed by atoms with E-state index in [4.69, 9.17) is 5.11 Å². The summed E-state index contributed by atoms with van der Waals surface area (Å²) >= 11 is 0. The van der Waals surface area contributed by atoms with Gasteiger partial charge in [-0.05, 0) is 19.1 Å². The molecule has 0 aliphatic carbocycles. The summed E-state index contributed by atoms with van der Waals surface area (Å²) in [4.78, 5) is 21.3. The molecule has 0 aromatic heterocycles. The van der Waals surface area contributed by atoms with Crippen molar-refractivity contribution in [2.75, 3.05) is 5.32 Å². The first-order valence-corrected chi connectivity index (χ1v) is 4.36. The fraction of sp³-hybridized carbons (Fsp3) is 0.0909. The highest BCUT2D eigenvalue weighted by Crippen LogP contribution is 2.08. The Hall–Kier alpha value is -2.10. The molecule has 0 aliphatic heterocycles. The van der Waals surface area contributed by atoms with Crippen LogP contribution in [0.3, 0.4) is 0 Å². The molecule has 2 N–H and O–H groups in total. The van der Waals surface area contributed by atoms with E-state index in [9.17, 15) is 9.59 Å². The van der Waals surface area contributed by atoms with Crippen LogP contribution in [-0.4, -0.2) is 17.0 Å². The van der Waals surface area contributed by atoms with E-state index in [0.717, 1.165) is 17.7 Å². The Labute approximate surface area is 87.2 Å². The van der Waals surface area contributed by atoms with Crippen molar-refractivity contribution in [3.8, 4) is 0 Å². The number of hydrogen-bond acceptors (Lipinski definition) is 2. The zero-order chi connectivity index (χ0) is 11.3. The Morgan fingerprint density at radius 3 is 2.33 bits per heavy atom. The predicted octanol–water partition coefficient (Wildman–Crippen LogP) is 1.57. The van der Waals surface area contributed by atoms with Crippen LogP contribution in [-0.2, 0) is 9.59 Å². The highest BCUT2D eigenvalue weighted by Gasteiger charge is 1.97. The van der Waals surface area contributed by atoms with Gasteiger partial charge in [-0.15, -0.1) is 0 Å². The second-order valence-corrected chi connectivity index (χ2v) is 3.03. The van der Waals surface area contributed by atoms with Gasteiger partial charge in [-0.1, -0.05) is 17.7 Å². The maximum absolute atomic E-state index is 11.1. The molecule has 78 valence electrons. The largest absolute Gasteiger partial charge is 0.478 e. The summed E-state index contributed by atoms with van der Waals surface area (Å²) in [6.45, 7) is 1.94. The third kappa shape index (κ3) is 4.08. The minimum atomic E-state index is -1.14. The minimum absolute atomic E-state index is 0.457. The van der Waals surface area contributed by atoms with Gasteiger partial charge in [0.25, 0.3) is 0 Å². The standard InChI is InChI=1S/C11H11NO3/c1-8-2-4-9(5-3-8)12-10(13)6-7-11(14)15/h2-7H,1H3,(H,12,13)(H,14,15)/b7-6-. The van der Waals surface area contributed by atoms with Gasteiger partial charge in [0.05, 0.1) is 0 Å². The summed E-state index contributed by atoms with van der Waals surface area (Å²) < 4.78 is 0. The van der Waals surface area contributed by atoms with E-state index in [0.29, 0.717) is 5.69 Å². The average Bonchev–Trinajstić information content (AvgIpc) is 2.19. The smallest absolute Gasteiger partial charge is 0.328 e. The van der Waals surface area contributed by atoms with Gasteiger partial charge in [-0.2, -0.15) is 0 Å². The van der Waals surface area contributed by atoms with E-state index in [1.807, 2.05) is 19.1 Å². The van der Waals surface area contributed by atoms with Crippen LogP contribution in [0.25, 0.3) is 0 Å². The molecular weight excluding hydrogens is 194 g/mol. The van der Waals surface area contributed by atoms with Gasteiger partial charge in [0, 0.05) is 17.8 Å². The van der Waals surface area contributed by atoms with E-state index in [2.05, 4.69) is 5.32 Å². The number of carboxylic acids is 1. The number of carbonyl (C=O) groups excluding carboxylic acids is 1. The van der Waals surface area contributed by atoms with Crippen LogP contribution in [0.15, 0.2) is 36.4 Å². The summed E-state index contributed by atoms with van der Waals surface area (Å²) in [5.41, 5.74) is 1.73. The molecule has 1 aromatic carbocycles. The van der Waals surface area contributed by atoms with Crippen LogP contribution in [0, 0.1) is 6.92 Å². The summed E-state index contributed by atoms with van der Waals surface area (Å²) in [7, 11) is 0. The summed E-state index contributed by atoms with van der Waals surface area (Å²) in [6, 6.07) is 7.22. The molecule has 0 bridgehead atoms. The van der Waals surface area contributed by atoms with E-state index in [-0.39, 0.29) is 0 Å². The number of aliphatic carboxylic acids is 1. The quantitative estimate of drug-likeness (QED) is 0.736. The molecule has 0 atom stereocenters. The molecule has 0 aliphatic rings. The van der Waals surface area contributed by atoms with Gasteiger partial charge < -0.3 is 10.4 Å². The van der Waals surface area contributed by atoms with Crippen molar-refractivity contribution >= 4 is 17.6 Å². The number of carboxylic acid groups (broad SMARTS) is 1. The number of rotatable bonds is 3. The number of nitrogens with one attached hydrogen (secondary N) is 1. The lowest BCUT2D eigenvalue weighted by Gasteiger charge is -2.01. The lowest BCUT2D eigenvalue weighted by atomic mass is 10.2. The Bertz CT molecular complexity index is 393. The zero-order valence-corrected chi connectivity index (χ0v) is 8.23. The molecule has 1 amide bonds. The van der Waals surface area contributed by atoms with Crippen molar-refractivity contribution < 1.29 is 14.7 Å². The van der Waals surface area contributed by atoms with Gasteiger partial charge in [0.15, 0.2) is 0 Å². The number of hydrogen-bond donors (Lipinski definition) is 2. The van der Waals surface area contributed by atoms with Gasteiger partial charge in [0.2, 0.25) is 5.91 Å². The van der Waals surface area contributed by atoms with Crippen LogP contribution in [0.5, 0.6) is 0 Å². The molecule has 0 spiro atoms. The highest BCUT2D eigenvalue weighted by atomic mass is 16.4. The molecule has 0 fully saturated rings. The summed E-state index contributed by atoms with van der Waals surface area (Å²) in [6.07, 6.45) is 1.77. The Morgan fingerprint density at radius 2 is 1.80 bits per heavy atom. The van der Waals surface area contributed by atoms with E-state index in [1.54, 1.807) is 12.1 Å². The van der Waals surface area contributed by atoms with Crippen molar-refractivity contribution in [3.05, 3.63) is 42.0 Å². The molecule has 1 aromatic rings. The second kappa shape index (κ2) is 4.95. The van der Waals surface area contributed by atoms with Crippen LogP contribution >= 0.6 is 0 Å². The molecule has 1 rings (SSSR count). The maximum atomic E-state index is 11.1. The molecule has 15 heavy (non-hydrogen) atoms. The normalized spacial score (nSPS) is 10.2. The number of aryl methyl sites for hydroxylation is 1. The number of carbonyl (C=O) groups is 2. The molecule has 0 radical (unpaired) electrons. The van der Waals surface area contributed by atoms with Crippen molar-refractivity contribution in [2.24, 2.45) is 0 Å². The minimum Gasteiger partial charge on any atom is -0.478 e. The molecule has 0 saturated carbocycles. The molecule has 0 unspecified atom stereocenters. The van der Waals surface area contributed by atoms with E-state index >= 15 is 0 Å². The van der Waals surface area contributed by atoms with Crippen molar-refractivity contribution in [3.63, 3.8) is 0 Å². The molecule has 4 heteroatoms. The summed E-state index contributed by atoms with van der Waals surface area (Å²) in [5.74, 6) is -1.60. The van der Waals surface area contributed by atoms with Crippen LogP contribution in [0.4, 0.5) is 5.69 Å². The van der Waals surface area contributed by atoms with Crippen LogP contribution in [0.1, 0.15) is 5.56 Å². The second-order valence-electron chi connectivity index (χ2n) is 3.03. The maximum Gasteiger partial charge on any atom is 0.328 e. The molecule has 4 nitrogen and oxygen atoms in total. The lowest BCUT2D eigenvalue weighted by molar-refractivity contribution is -0.131. The van der Waals surface area contributed by atoms with Gasteiger partial charge in [0.1, 0.15) is 0 Å². The van der Waals surface area contributed by atoms with Gasteiger partial charge >= 0.3 is 5.97 Å². The number of amides is 1. The highest BCUT2D eigenvalue weighted by molar-refractivity contribution is 6.02. The van der Waals surface area contributed by atoms with Crippen LogP contribution in [0.2, 0.25) is 0 Å². The monoisotopic (exact) mass is 205 g/mol. The SMILES string of the molecule is Cc1ccc(NC(=O)/C=C\C(=O)O)cc1. The fourth-order valence-corrected chi connectivity index (χ4v) is 0.968. The molecular formula is C11H11NO3. The Kier molecular flexibility index (Phi) is 3.62. The van der Waals surface area contributed by atoms with E-state index in [1.165, 1.54) is 0 Å². The third-order valence-corrected chi connectivity index (χ3v) is 1.70. The zero-order valence-electron chi connectivity index (χ0n) is 8.23. The Balaban J connectivity index is 2.59. The first-order chi connectivity index (χ1) is 7.08. The topological polar surface area (TPSA) is 66.4 Å². The molecule has 0 saturated heterocycles. The average molecular weight is 205 g/mol. The van der Waals surface area contributed by atoms with Gasteiger partial charge in [-0.3, -0.25) is 4.79 Å². The fourth-order valence-electron chi connectivity index (χ4n) is 0.968. The number of anilines is 1. The predicted molar refractivity (Wildman–Crippen MR) is 56.6 cm³/mol. The lowest BCUT2D eigenvalue weighted by Crippen LogP contribution is -2.08.